The Morgan fingerprint density at radius 1 is 0.960 bits per heavy atom. The number of amides is 1. The fourth-order valence-corrected chi connectivity index (χ4v) is 2.55. The maximum Gasteiger partial charge on any atom is 0.269 e. The van der Waals surface area contributed by atoms with E-state index in [9.17, 15) is 14.9 Å². The Balaban J connectivity index is 1.90. The van der Waals surface area contributed by atoms with Crippen LogP contribution in [0.3, 0.4) is 0 Å². The molecule has 0 bridgehead atoms. The number of nitrogens with one attached hydrogen (secondary N) is 1. The SMILES string of the molecule is Cc1ccc(NC(=O)c2ccc([N+](=O)[O-])cc2)c(-c2ccccc2)c1. The van der Waals surface area contributed by atoms with Crippen LogP contribution >= 0.6 is 0 Å². The number of carbonyl (C=O) groups excluding carboxylic acids is 1. The minimum absolute atomic E-state index is 0.0446. The lowest BCUT2D eigenvalue weighted by molar-refractivity contribution is -0.384. The Morgan fingerprint density at radius 3 is 2.28 bits per heavy atom. The van der Waals surface area contributed by atoms with Crippen LogP contribution in [0.4, 0.5) is 11.4 Å². The van der Waals surface area contributed by atoms with Gasteiger partial charge in [-0.25, -0.2) is 0 Å². The van der Waals surface area contributed by atoms with Crippen molar-refractivity contribution in [1.82, 2.24) is 0 Å². The van der Waals surface area contributed by atoms with Crippen LogP contribution in [0.15, 0.2) is 72.8 Å². The van der Waals surface area contributed by atoms with Gasteiger partial charge in [-0.05, 0) is 36.8 Å². The molecule has 0 saturated carbocycles. The molecular weight excluding hydrogens is 316 g/mol. The average molecular weight is 332 g/mol. The van der Waals surface area contributed by atoms with E-state index in [0.29, 0.717) is 11.3 Å². The molecule has 0 saturated heterocycles. The Morgan fingerprint density at radius 2 is 1.64 bits per heavy atom. The highest BCUT2D eigenvalue weighted by Crippen LogP contribution is 2.29. The Kier molecular flexibility index (Phi) is 4.57. The molecular formula is C20H16N2O3. The second-order valence-electron chi connectivity index (χ2n) is 5.67. The zero-order valence-electron chi connectivity index (χ0n) is 13.6. The van der Waals surface area contributed by atoms with Crippen LogP contribution in [0.2, 0.25) is 0 Å². The minimum Gasteiger partial charge on any atom is -0.321 e. The van der Waals surface area contributed by atoms with Gasteiger partial charge in [0.1, 0.15) is 0 Å². The number of benzene rings is 3. The third-order valence-corrected chi connectivity index (χ3v) is 3.85. The van der Waals surface area contributed by atoms with E-state index >= 15 is 0 Å². The molecule has 0 atom stereocenters. The van der Waals surface area contributed by atoms with Gasteiger partial charge in [-0.1, -0.05) is 42.0 Å². The van der Waals surface area contributed by atoms with Crippen molar-refractivity contribution in [2.45, 2.75) is 6.92 Å². The van der Waals surface area contributed by atoms with Gasteiger partial charge in [-0.2, -0.15) is 0 Å². The zero-order valence-corrected chi connectivity index (χ0v) is 13.6. The summed E-state index contributed by atoms with van der Waals surface area (Å²) in [5.74, 6) is -0.309. The largest absolute Gasteiger partial charge is 0.321 e. The number of non-ortho nitro benzene ring substituents is 1. The molecule has 0 aliphatic heterocycles. The van der Waals surface area contributed by atoms with Gasteiger partial charge < -0.3 is 5.32 Å². The number of nitrogens with zero attached hydrogens (tertiary/aromatic N) is 1. The summed E-state index contributed by atoms with van der Waals surface area (Å²) in [6.07, 6.45) is 0. The fraction of sp³-hybridized carbons (Fsp3) is 0.0500. The summed E-state index contributed by atoms with van der Waals surface area (Å²) in [7, 11) is 0. The molecule has 3 rings (SSSR count). The van der Waals surface area contributed by atoms with Crippen LogP contribution in [-0.2, 0) is 0 Å². The highest BCUT2D eigenvalue weighted by molar-refractivity contribution is 6.06. The summed E-state index contributed by atoms with van der Waals surface area (Å²) in [5, 5.41) is 13.6. The Labute approximate surface area is 145 Å². The Bertz CT molecular complexity index is 919. The molecule has 3 aromatic rings. The van der Waals surface area contributed by atoms with Crippen molar-refractivity contribution in [3.05, 3.63) is 94.0 Å². The van der Waals surface area contributed by atoms with E-state index in [1.54, 1.807) is 0 Å². The first-order valence-electron chi connectivity index (χ1n) is 7.76. The van der Waals surface area contributed by atoms with Crippen LogP contribution in [0.25, 0.3) is 11.1 Å². The smallest absolute Gasteiger partial charge is 0.269 e. The van der Waals surface area contributed by atoms with Crippen molar-refractivity contribution < 1.29 is 9.72 Å². The topological polar surface area (TPSA) is 72.2 Å². The van der Waals surface area contributed by atoms with Gasteiger partial charge in [0.15, 0.2) is 0 Å². The predicted octanol–water partition coefficient (Wildman–Crippen LogP) is 4.82. The quantitative estimate of drug-likeness (QED) is 0.550. The zero-order chi connectivity index (χ0) is 17.8. The number of nitro benzene ring substituents is 1. The van der Waals surface area contributed by atoms with E-state index < -0.39 is 4.92 Å². The summed E-state index contributed by atoms with van der Waals surface area (Å²) in [4.78, 5) is 22.7. The van der Waals surface area contributed by atoms with E-state index in [0.717, 1.165) is 16.7 Å². The third-order valence-electron chi connectivity index (χ3n) is 3.85. The number of hydrogen-bond acceptors (Lipinski definition) is 3. The molecule has 0 aromatic heterocycles. The number of aryl methyl sites for hydroxylation is 1. The second kappa shape index (κ2) is 6.97. The normalized spacial score (nSPS) is 10.3. The molecule has 0 aliphatic rings. The van der Waals surface area contributed by atoms with E-state index in [-0.39, 0.29) is 11.6 Å². The molecule has 25 heavy (non-hydrogen) atoms. The number of anilines is 1. The molecule has 5 nitrogen and oxygen atoms in total. The highest BCUT2D eigenvalue weighted by atomic mass is 16.6. The molecule has 0 spiro atoms. The number of rotatable bonds is 4. The summed E-state index contributed by atoms with van der Waals surface area (Å²) in [6.45, 7) is 1.99. The third kappa shape index (κ3) is 3.72. The first-order valence-corrected chi connectivity index (χ1v) is 7.76. The monoisotopic (exact) mass is 332 g/mol. The van der Waals surface area contributed by atoms with E-state index in [1.165, 1.54) is 24.3 Å². The van der Waals surface area contributed by atoms with Crippen molar-refractivity contribution in [1.29, 1.82) is 0 Å². The summed E-state index contributed by atoms with van der Waals surface area (Å²) < 4.78 is 0. The average Bonchev–Trinajstić information content (AvgIpc) is 2.64. The van der Waals surface area contributed by atoms with Gasteiger partial charge in [0, 0.05) is 28.9 Å². The maximum atomic E-state index is 12.5. The summed E-state index contributed by atoms with van der Waals surface area (Å²) >= 11 is 0. The van der Waals surface area contributed by atoms with Crippen molar-refractivity contribution in [3.8, 4) is 11.1 Å². The van der Waals surface area contributed by atoms with Crippen molar-refractivity contribution >= 4 is 17.3 Å². The van der Waals surface area contributed by atoms with E-state index in [1.807, 2.05) is 55.5 Å². The molecule has 1 amide bonds. The Hall–Kier alpha value is -3.47. The lowest BCUT2D eigenvalue weighted by atomic mass is 10.0. The maximum absolute atomic E-state index is 12.5. The molecule has 3 aromatic carbocycles. The molecule has 1 N–H and O–H groups in total. The lowest BCUT2D eigenvalue weighted by Crippen LogP contribution is -2.12. The molecule has 0 radical (unpaired) electrons. The van der Waals surface area contributed by atoms with Gasteiger partial charge in [-0.3, -0.25) is 14.9 Å². The van der Waals surface area contributed by atoms with Crippen LogP contribution < -0.4 is 5.32 Å². The molecule has 5 heteroatoms. The summed E-state index contributed by atoms with van der Waals surface area (Å²) in [5.41, 5.74) is 4.04. The van der Waals surface area contributed by atoms with Gasteiger partial charge in [-0.15, -0.1) is 0 Å². The molecule has 124 valence electrons. The van der Waals surface area contributed by atoms with Gasteiger partial charge in [0.25, 0.3) is 11.6 Å². The number of carbonyl (C=O) groups is 1. The van der Waals surface area contributed by atoms with E-state index in [2.05, 4.69) is 5.32 Å². The lowest BCUT2D eigenvalue weighted by Gasteiger charge is -2.12. The second-order valence-corrected chi connectivity index (χ2v) is 5.67. The predicted molar refractivity (Wildman–Crippen MR) is 97.7 cm³/mol. The van der Waals surface area contributed by atoms with Crippen LogP contribution in [0.1, 0.15) is 15.9 Å². The first kappa shape index (κ1) is 16.4. The van der Waals surface area contributed by atoms with Gasteiger partial charge in [0.2, 0.25) is 0 Å². The summed E-state index contributed by atoms with van der Waals surface area (Å²) in [6, 6.07) is 21.1. The van der Waals surface area contributed by atoms with Crippen LogP contribution in [0.5, 0.6) is 0 Å². The van der Waals surface area contributed by atoms with Crippen LogP contribution in [-0.4, -0.2) is 10.8 Å². The number of nitro groups is 1. The van der Waals surface area contributed by atoms with Gasteiger partial charge in [0.05, 0.1) is 4.92 Å². The van der Waals surface area contributed by atoms with Gasteiger partial charge >= 0.3 is 0 Å². The highest BCUT2D eigenvalue weighted by Gasteiger charge is 2.12. The molecule has 0 unspecified atom stereocenters. The van der Waals surface area contributed by atoms with Crippen LogP contribution in [0, 0.1) is 17.0 Å². The standard InChI is InChI=1S/C20H16N2O3/c1-14-7-12-19(18(13-14)15-5-3-2-4-6-15)21-20(23)16-8-10-17(11-9-16)22(24)25/h2-13H,1H3,(H,21,23). The minimum atomic E-state index is -0.491. The first-order chi connectivity index (χ1) is 12.0. The van der Waals surface area contributed by atoms with E-state index in [4.69, 9.17) is 0 Å². The number of hydrogen-bond donors (Lipinski definition) is 1. The van der Waals surface area contributed by atoms with Crippen molar-refractivity contribution in [2.24, 2.45) is 0 Å². The molecule has 0 aliphatic carbocycles. The van der Waals surface area contributed by atoms with Crippen molar-refractivity contribution in [3.63, 3.8) is 0 Å². The fourth-order valence-electron chi connectivity index (χ4n) is 2.55. The van der Waals surface area contributed by atoms with Crippen molar-refractivity contribution in [2.75, 3.05) is 5.32 Å². The molecule has 0 fully saturated rings. The molecule has 0 heterocycles.